The van der Waals surface area contributed by atoms with Gasteiger partial charge in [-0.25, -0.2) is 0 Å². The number of halogens is 1. The molecule has 0 fully saturated rings. The third kappa shape index (κ3) is 16.0. The van der Waals surface area contributed by atoms with Crippen LogP contribution in [0.5, 0.6) is 11.5 Å². The van der Waals surface area contributed by atoms with Crippen molar-refractivity contribution in [3.05, 3.63) is 101 Å². The monoisotopic (exact) mass is 866 g/mol. The fraction of sp³-hybridized carbons (Fsp3) is 0.511. The van der Waals surface area contributed by atoms with Crippen LogP contribution in [0.4, 0.5) is 0 Å². The van der Waals surface area contributed by atoms with E-state index < -0.39 is 21.5 Å². The van der Waals surface area contributed by atoms with Gasteiger partial charge in [0.05, 0.1) is 0 Å². The molecule has 0 spiro atoms. The molecule has 3 aromatic rings. The van der Waals surface area contributed by atoms with Crippen LogP contribution in [0, 0.1) is 0 Å². The normalized spacial score (nSPS) is 13.1. The van der Waals surface area contributed by atoms with Crippen molar-refractivity contribution in [2.75, 3.05) is 26.3 Å². The first kappa shape index (κ1) is 47.2. The molecule has 0 aliphatic rings. The van der Waals surface area contributed by atoms with Crippen molar-refractivity contribution >= 4 is 50.5 Å². The highest BCUT2D eigenvalue weighted by molar-refractivity contribution is 9.09. The SMILES string of the molecule is CC(C)(C)[Si](C)(C)OCCCCNC(=O)/C=C/c1ccc(OCc2ccc(OCc3ccccc3)cc2)c(C(Br)C(=O)NCCCCO[Si](C)(C)C(C)(C)C)c1. The predicted octanol–water partition coefficient (Wildman–Crippen LogP) is 11.1. The molecule has 3 rings (SSSR count). The fourth-order valence-electron chi connectivity index (χ4n) is 5.01. The summed E-state index contributed by atoms with van der Waals surface area (Å²) >= 11 is 3.66. The Kier molecular flexibility index (Phi) is 18.6. The summed E-state index contributed by atoms with van der Waals surface area (Å²) in [6.45, 7) is 25.8. The van der Waals surface area contributed by atoms with Crippen LogP contribution in [-0.2, 0) is 31.7 Å². The standard InChI is InChI=1S/C45H67BrN2O6Si2/c1-44(2,3)55(7,8)53-30-16-14-28-47-41(49)27-23-35-22-26-40(52-34-37-20-24-38(25-21-37)51-33-36-18-12-11-13-19-36)39(32-35)42(46)43(50)48-29-15-17-31-54-56(9,10)45(4,5)6/h11-13,18-27,32,42H,14-17,28-31,33-34H2,1-10H3,(H,47,49)(H,48,50)/b27-23+. The maximum absolute atomic E-state index is 13.4. The van der Waals surface area contributed by atoms with Crippen molar-refractivity contribution in [2.45, 2.75) is 122 Å². The van der Waals surface area contributed by atoms with Crippen molar-refractivity contribution < 1.29 is 27.9 Å². The second kappa shape index (κ2) is 22.1. The Morgan fingerprint density at radius 1 is 0.696 bits per heavy atom. The molecule has 308 valence electrons. The number of benzene rings is 3. The Bertz CT molecular complexity index is 1690. The lowest BCUT2D eigenvalue weighted by molar-refractivity contribution is -0.120. The molecular weight excluding hydrogens is 801 g/mol. The van der Waals surface area contributed by atoms with Gasteiger partial charge in [0.1, 0.15) is 29.5 Å². The molecule has 0 aliphatic carbocycles. The van der Waals surface area contributed by atoms with Gasteiger partial charge in [-0.1, -0.05) is 106 Å². The number of rotatable bonds is 22. The summed E-state index contributed by atoms with van der Waals surface area (Å²) in [4.78, 5) is 25.5. The lowest BCUT2D eigenvalue weighted by Crippen LogP contribution is -2.41. The largest absolute Gasteiger partial charge is 0.489 e. The number of nitrogens with one attached hydrogen (secondary N) is 2. The number of hydrogen-bond donors (Lipinski definition) is 2. The Morgan fingerprint density at radius 3 is 1.80 bits per heavy atom. The van der Waals surface area contributed by atoms with E-state index in [1.807, 2.05) is 72.8 Å². The van der Waals surface area contributed by atoms with Gasteiger partial charge in [0.2, 0.25) is 11.8 Å². The van der Waals surface area contributed by atoms with Crippen molar-refractivity contribution in [1.82, 2.24) is 10.6 Å². The molecule has 0 saturated carbocycles. The second-order valence-electron chi connectivity index (χ2n) is 17.4. The van der Waals surface area contributed by atoms with Crippen LogP contribution >= 0.6 is 15.9 Å². The van der Waals surface area contributed by atoms with Gasteiger partial charge in [-0.3, -0.25) is 9.59 Å². The first-order chi connectivity index (χ1) is 26.3. The smallest absolute Gasteiger partial charge is 0.243 e. The first-order valence-electron chi connectivity index (χ1n) is 20.0. The molecule has 0 heterocycles. The average molecular weight is 868 g/mol. The quantitative estimate of drug-likeness (QED) is 0.0452. The highest BCUT2D eigenvalue weighted by atomic mass is 79.9. The van der Waals surface area contributed by atoms with E-state index in [-0.39, 0.29) is 21.9 Å². The van der Waals surface area contributed by atoms with Gasteiger partial charge in [0, 0.05) is 37.9 Å². The second-order valence-corrected chi connectivity index (χ2v) is 27.9. The highest BCUT2D eigenvalue weighted by Gasteiger charge is 2.37. The molecule has 2 N–H and O–H groups in total. The van der Waals surface area contributed by atoms with Gasteiger partial charge in [0.15, 0.2) is 16.6 Å². The zero-order valence-electron chi connectivity index (χ0n) is 35.6. The number of carbonyl (C=O) groups is 2. The molecule has 56 heavy (non-hydrogen) atoms. The average Bonchev–Trinajstić information content (AvgIpc) is 3.14. The van der Waals surface area contributed by atoms with Crippen LogP contribution in [0.15, 0.2) is 78.9 Å². The van der Waals surface area contributed by atoms with Crippen molar-refractivity contribution in [2.24, 2.45) is 0 Å². The number of carbonyl (C=O) groups excluding carboxylic acids is 2. The molecule has 2 amide bonds. The van der Waals surface area contributed by atoms with Gasteiger partial charge in [0.25, 0.3) is 0 Å². The van der Waals surface area contributed by atoms with E-state index >= 15 is 0 Å². The highest BCUT2D eigenvalue weighted by Crippen LogP contribution is 2.38. The van der Waals surface area contributed by atoms with Crippen LogP contribution in [-0.4, -0.2) is 54.8 Å². The molecule has 1 atom stereocenters. The lowest BCUT2D eigenvalue weighted by atomic mass is 10.1. The number of hydrogen-bond acceptors (Lipinski definition) is 6. The van der Waals surface area contributed by atoms with Crippen LogP contribution < -0.4 is 20.1 Å². The topological polar surface area (TPSA) is 95.1 Å². The summed E-state index contributed by atoms with van der Waals surface area (Å²) < 4.78 is 24.8. The summed E-state index contributed by atoms with van der Waals surface area (Å²) in [5, 5.41) is 6.40. The Hall–Kier alpha value is -3.23. The summed E-state index contributed by atoms with van der Waals surface area (Å²) in [5.74, 6) is 1.03. The van der Waals surface area contributed by atoms with Crippen LogP contribution in [0.2, 0.25) is 36.3 Å². The van der Waals surface area contributed by atoms with Gasteiger partial charge < -0.3 is 29.0 Å². The van der Waals surface area contributed by atoms with Gasteiger partial charge in [-0.05, 0) is 109 Å². The maximum atomic E-state index is 13.4. The van der Waals surface area contributed by atoms with Gasteiger partial charge >= 0.3 is 0 Å². The summed E-state index contributed by atoms with van der Waals surface area (Å²) in [6.07, 6.45) is 6.72. The molecule has 1 unspecified atom stereocenters. The van der Waals surface area contributed by atoms with E-state index in [9.17, 15) is 9.59 Å². The third-order valence-corrected chi connectivity index (χ3v) is 20.8. The maximum Gasteiger partial charge on any atom is 0.243 e. The Labute approximate surface area is 347 Å². The molecule has 3 aromatic carbocycles. The third-order valence-electron chi connectivity index (χ3n) is 10.8. The number of alkyl halides is 1. The fourth-order valence-corrected chi connectivity index (χ4v) is 7.71. The van der Waals surface area contributed by atoms with E-state index in [1.54, 1.807) is 6.08 Å². The lowest BCUT2D eigenvalue weighted by Gasteiger charge is -2.36. The van der Waals surface area contributed by atoms with E-state index in [0.29, 0.717) is 50.8 Å². The van der Waals surface area contributed by atoms with Crippen LogP contribution in [0.25, 0.3) is 6.08 Å². The molecule has 0 aromatic heterocycles. The van der Waals surface area contributed by atoms with E-state index in [0.717, 1.165) is 48.1 Å². The number of amides is 2. The van der Waals surface area contributed by atoms with Crippen LogP contribution in [0.3, 0.4) is 0 Å². The minimum Gasteiger partial charge on any atom is -0.489 e. The molecular formula is C45H67BrN2O6Si2. The Morgan fingerprint density at radius 2 is 1.23 bits per heavy atom. The van der Waals surface area contributed by atoms with Crippen molar-refractivity contribution in [3.8, 4) is 11.5 Å². The number of ether oxygens (including phenoxy) is 2. The summed E-state index contributed by atoms with van der Waals surface area (Å²) in [6, 6.07) is 23.5. The minimum atomic E-state index is -1.80. The Balaban J connectivity index is 1.61. The van der Waals surface area contributed by atoms with Crippen molar-refractivity contribution in [3.63, 3.8) is 0 Å². The molecule has 11 heteroatoms. The first-order valence-corrected chi connectivity index (χ1v) is 26.7. The number of unbranched alkanes of at least 4 members (excludes halogenated alkanes) is 2. The zero-order chi connectivity index (χ0) is 41.4. The van der Waals surface area contributed by atoms with Gasteiger partial charge in [-0.2, -0.15) is 0 Å². The van der Waals surface area contributed by atoms with Gasteiger partial charge in [-0.15, -0.1) is 0 Å². The summed E-state index contributed by atoms with van der Waals surface area (Å²) in [7, 11) is -3.57. The molecule has 0 saturated heterocycles. The van der Waals surface area contributed by atoms with E-state index in [4.69, 9.17) is 18.3 Å². The van der Waals surface area contributed by atoms with E-state index in [2.05, 4.69) is 94.3 Å². The zero-order valence-corrected chi connectivity index (χ0v) is 39.1. The van der Waals surface area contributed by atoms with E-state index in [1.165, 1.54) is 6.08 Å². The molecule has 0 bridgehead atoms. The molecule has 8 nitrogen and oxygen atoms in total. The van der Waals surface area contributed by atoms with Crippen molar-refractivity contribution in [1.29, 1.82) is 0 Å². The van der Waals surface area contributed by atoms with Crippen LogP contribution in [0.1, 0.15) is 94.3 Å². The minimum absolute atomic E-state index is 0.156. The molecule has 0 radical (unpaired) electrons. The molecule has 0 aliphatic heterocycles. The predicted molar refractivity (Wildman–Crippen MR) is 239 cm³/mol. The summed E-state index contributed by atoms with van der Waals surface area (Å²) in [5.41, 5.74) is 3.53.